The third-order valence-electron chi connectivity index (χ3n) is 8.23. The summed E-state index contributed by atoms with van der Waals surface area (Å²) in [6, 6.07) is 8.04. The maximum Gasteiger partial charge on any atom is 1.00 e. The van der Waals surface area contributed by atoms with Crippen LogP contribution in [0.15, 0.2) is 54.8 Å². The summed E-state index contributed by atoms with van der Waals surface area (Å²) in [6.07, 6.45) is 2.40. The van der Waals surface area contributed by atoms with E-state index in [0.29, 0.717) is 80.0 Å². The van der Waals surface area contributed by atoms with Gasteiger partial charge >= 0.3 is 59.1 Å². The van der Waals surface area contributed by atoms with Crippen LogP contribution in [0.5, 0.6) is 0 Å². The van der Waals surface area contributed by atoms with Crippen molar-refractivity contribution >= 4 is 78.9 Å². The number of tetrazole rings is 2. The van der Waals surface area contributed by atoms with Gasteiger partial charge in [-0.15, -0.1) is 20.4 Å². The van der Waals surface area contributed by atoms with Crippen molar-refractivity contribution in [1.82, 2.24) is 51.2 Å². The van der Waals surface area contributed by atoms with E-state index in [4.69, 9.17) is 32.0 Å². The number of carbonyl (C=O) groups is 2. The minimum absolute atomic E-state index is 0. The predicted octanol–water partition coefficient (Wildman–Crippen LogP) is -3.01. The predicted molar refractivity (Wildman–Crippen MR) is 189 cm³/mol. The van der Waals surface area contributed by atoms with E-state index in [1.807, 2.05) is 13.8 Å². The second-order valence-electron chi connectivity index (χ2n) is 11.7. The Morgan fingerprint density at radius 3 is 1.36 bits per heavy atom. The molecule has 56 heavy (non-hydrogen) atoms. The molecule has 8 aromatic rings. The molecule has 0 aliphatic carbocycles. The summed E-state index contributed by atoms with van der Waals surface area (Å²) >= 11 is 12.8. The van der Waals surface area contributed by atoms with Gasteiger partial charge in [-0.25, -0.2) is 9.97 Å². The van der Waals surface area contributed by atoms with Crippen LogP contribution < -0.4 is 80.2 Å². The fourth-order valence-electron chi connectivity index (χ4n) is 5.95. The molecule has 6 aromatic heterocycles. The zero-order chi connectivity index (χ0) is 38.3. The number of carboxylic acid groups (broad SMARTS) is 2. The minimum atomic E-state index is -1.57. The van der Waals surface area contributed by atoms with Crippen LogP contribution in [-0.4, -0.2) is 63.2 Å². The largest absolute Gasteiger partial charge is 1.00 e. The zero-order valence-electron chi connectivity index (χ0n) is 29.9. The quantitative estimate of drug-likeness (QED) is 0.114. The second-order valence-corrected chi connectivity index (χ2v) is 12.5. The van der Waals surface area contributed by atoms with Crippen LogP contribution in [0.3, 0.4) is 0 Å². The summed E-state index contributed by atoms with van der Waals surface area (Å²) in [4.78, 5) is 56.3. The summed E-state index contributed by atoms with van der Waals surface area (Å²) in [6.45, 7) is 3.88. The van der Waals surface area contributed by atoms with Gasteiger partial charge < -0.3 is 28.6 Å². The Morgan fingerprint density at radius 1 is 0.643 bits per heavy atom. The maximum absolute atomic E-state index is 12.4. The van der Waals surface area contributed by atoms with E-state index in [9.17, 15) is 29.4 Å². The van der Waals surface area contributed by atoms with Gasteiger partial charge in [0.2, 0.25) is 11.6 Å². The molecule has 6 heterocycles. The summed E-state index contributed by atoms with van der Waals surface area (Å²) in [5, 5.41) is 51.9. The van der Waals surface area contributed by atoms with Gasteiger partial charge in [0.05, 0.1) is 31.9 Å². The molecule has 0 radical (unpaired) electrons. The van der Waals surface area contributed by atoms with Crippen LogP contribution in [0.1, 0.15) is 58.9 Å². The molecular weight excluding hydrogens is 793 g/mol. The number of aromatic amines is 2. The number of hydrogen-bond donors (Lipinski definition) is 2. The summed E-state index contributed by atoms with van der Waals surface area (Å²) < 4.78 is 10.9. The topological polar surface area (TPSA) is 275 Å². The number of pyridine rings is 2. The number of H-pyrrole nitrogens is 2. The average Bonchev–Trinajstić information content (AvgIpc) is 3.89. The number of nitrogens with one attached hydrogen (secondary N) is 2. The van der Waals surface area contributed by atoms with E-state index in [1.165, 1.54) is 0 Å². The molecule has 272 valence electrons. The fraction of sp³-hybridized carbons (Fsp3) is 0.176. The van der Waals surface area contributed by atoms with E-state index in [0.717, 1.165) is 12.1 Å². The molecule has 0 bridgehead atoms. The monoisotopic (exact) mass is 814 g/mol. The number of benzene rings is 2. The summed E-state index contributed by atoms with van der Waals surface area (Å²) in [7, 11) is 0. The zero-order valence-corrected chi connectivity index (χ0v) is 35.4. The number of aromatic carboxylic acids is 2. The molecule has 0 saturated heterocycles. The van der Waals surface area contributed by atoms with E-state index in [2.05, 4.69) is 51.2 Å². The minimum Gasteiger partial charge on any atom is -0.542 e. The van der Waals surface area contributed by atoms with E-state index >= 15 is 0 Å². The molecule has 0 atom stereocenters. The molecule has 8 rings (SSSR count). The Hall–Kier alpha value is -4.66. The van der Waals surface area contributed by atoms with Gasteiger partial charge in [-0.05, 0) is 47.5 Å². The van der Waals surface area contributed by atoms with Gasteiger partial charge in [0, 0.05) is 34.0 Å². The standard InChI is InChI=1S/2C17H12ClN5O4.2Na/c2*1-2-3-7-14-8(10(18)5-11(19-14)16-20-22-23-21-16)4-9-12(24)6-13(17(25)26)27-15(7)9;;/h2*4-6H,2-3H2,1H3,(H,25,26)(H,20,21,22,23);;/q;;2*+1/p-2. The van der Waals surface area contributed by atoms with Crippen LogP contribution in [0.25, 0.3) is 66.8 Å². The van der Waals surface area contributed by atoms with Crippen molar-refractivity contribution in [2.24, 2.45) is 0 Å². The Bertz CT molecular complexity index is 2710. The first-order valence-electron chi connectivity index (χ1n) is 16.1. The van der Waals surface area contributed by atoms with Crippen LogP contribution >= 0.6 is 23.2 Å². The second kappa shape index (κ2) is 17.6. The smallest absolute Gasteiger partial charge is 0.542 e. The first-order valence-corrected chi connectivity index (χ1v) is 16.8. The van der Waals surface area contributed by atoms with Crippen molar-refractivity contribution in [1.29, 1.82) is 0 Å². The average molecular weight is 815 g/mol. The van der Waals surface area contributed by atoms with Gasteiger partial charge in [0.25, 0.3) is 0 Å². The van der Waals surface area contributed by atoms with Crippen LogP contribution in [-0.2, 0) is 12.8 Å². The number of carboxylic acids is 2. The first-order chi connectivity index (χ1) is 26.0. The molecule has 0 unspecified atom stereocenters. The van der Waals surface area contributed by atoms with Gasteiger partial charge in [0.1, 0.15) is 34.5 Å². The Morgan fingerprint density at radius 2 is 1.04 bits per heavy atom. The van der Waals surface area contributed by atoms with Crippen LogP contribution in [0, 0.1) is 0 Å². The molecule has 0 aliphatic heterocycles. The van der Waals surface area contributed by atoms with Crippen molar-refractivity contribution < 1.29 is 87.8 Å². The van der Waals surface area contributed by atoms with Crippen molar-refractivity contribution in [3.8, 4) is 23.0 Å². The molecule has 22 heteroatoms. The van der Waals surface area contributed by atoms with Crippen molar-refractivity contribution in [2.45, 2.75) is 39.5 Å². The van der Waals surface area contributed by atoms with Gasteiger partial charge in [-0.1, -0.05) is 49.9 Å². The number of aromatic nitrogens is 10. The van der Waals surface area contributed by atoms with Gasteiger partial charge in [-0.3, -0.25) is 9.59 Å². The van der Waals surface area contributed by atoms with Gasteiger partial charge in [0.15, 0.2) is 22.4 Å². The van der Waals surface area contributed by atoms with E-state index in [1.54, 1.807) is 24.3 Å². The van der Waals surface area contributed by atoms with Crippen molar-refractivity contribution in [3.05, 3.63) is 89.5 Å². The number of nitrogens with zero attached hydrogens (tertiary/aromatic N) is 8. The molecule has 0 spiro atoms. The molecule has 0 fully saturated rings. The number of halogens is 2. The molecule has 2 aromatic carbocycles. The van der Waals surface area contributed by atoms with E-state index in [-0.39, 0.29) is 92.7 Å². The number of rotatable bonds is 8. The Balaban J connectivity index is 0.000000207. The van der Waals surface area contributed by atoms with E-state index < -0.39 is 34.3 Å². The van der Waals surface area contributed by atoms with Crippen molar-refractivity contribution in [2.75, 3.05) is 0 Å². The van der Waals surface area contributed by atoms with Crippen molar-refractivity contribution in [3.63, 3.8) is 0 Å². The molecule has 0 amide bonds. The summed E-state index contributed by atoms with van der Waals surface area (Å²) in [5.74, 6) is -3.70. The normalized spacial score (nSPS) is 10.9. The van der Waals surface area contributed by atoms with Crippen LogP contribution in [0.2, 0.25) is 10.0 Å². The third kappa shape index (κ3) is 8.10. The first kappa shape index (κ1) is 42.5. The van der Waals surface area contributed by atoms with Crippen LogP contribution in [0.4, 0.5) is 0 Å². The third-order valence-corrected chi connectivity index (χ3v) is 8.86. The molecule has 0 aliphatic rings. The SMILES string of the molecule is CCCc1c2nc(-c3nn[nH]n3)cc(Cl)c2cc2c(=O)cc(C(=O)[O-])oc12.CCCc1c2nc(-c3nn[nH]n3)cc(Cl)c2cc2c(=O)cc(C(=O)[O-])oc12.[Na+].[Na+]. The number of fused-ring (bicyclic) bond motifs is 4. The molecule has 18 nitrogen and oxygen atoms in total. The Labute approximate surface area is 367 Å². The molecule has 0 saturated carbocycles. The Kier molecular flexibility index (Phi) is 13.4. The maximum atomic E-state index is 12.4. The number of carbonyl (C=O) groups excluding carboxylic acids is 2. The number of hydrogen-bond acceptors (Lipinski definition) is 16. The fourth-order valence-corrected chi connectivity index (χ4v) is 6.44. The molecule has 2 N–H and O–H groups in total. The molecular formula is C34H22Cl2N10Na2O8. The van der Waals surface area contributed by atoms with Gasteiger partial charge in [-0.2, -0.15) is 10.4 Å². The number of aryl methyl sites for hydroxylation is 2. The summed E-state index contributed by atoms with van der Waals surface area (Å²) in [5.41, 5.74) is 2.23.